The van der Waals surface area contributed by atoms with Gasteiger partial charge in [-0.3, -0.25) is 4.79 Å². The van der Waals surface area contributed by atoms with E-state index in [9.17, 15) is 4.79 Å². The molecule has 3 N–H and O–H groups in total. The molecule has 3 rings (SSSR count). The van der Waals surface area contributed by atoms with Crippen LogP contribution in [-0.2, 0) is 4.79 Å². The predicted molar refractivity (Wildman–Crippen MR) is 77.7 cm³/mol. The van der Waals surface area contributed by atoms with Crippen LogP contribution in [0.5, 0.6) is 0 Å². The average Bonchev–Trinajstić information content (AvgIpc) is 3.20. The number of carbonyl (C=O) groups is 1. The second kappa shape index (κ2) is 5.61. The Balaban J connectivity index is 1.87. The summed E-state index contributed by atoms with van der Waals surface area (Å²) in [6, 6.07) is 7.44. The van der Waals surface area contributed by atoms with Gasteiger partial charge in [0.15, 0.2) is 0 Å². The molecule has 0 spiro atoms. The van der Waals surface area contributed by atoms with E-state index in [-0.39, 0.29) is 5.91 Å². The molecule has 1 aliphatic rings. The number of aromatic nitrogens is 4. The van der Waals surface area contributed by atoms with Crippen molar-refractivity contribution < 1.29 is 4.79 Å². The Morgan fingerprint density at radius 3 is 2.76 bits per heavy atom. The summed E-state index contributed by atoms with van der Waals surface area (Å²) in [6.45, 7) is 0.381. The summed E-state index contributed by atoms with van der Waals surface area (Å²) in [5.41, 5.74) is 6.85. The minimum absolute atomic E-state index is 0.0111. The van der Waals surface area contributed by atoms with E-state index in [0.29, 0.717) is 12.2 Å². The lowest BCUT2D eigenvalue weighted by atomic mass is 9.85. The number of anilines is 1. The van der Waals surface area contributed by atoms with Crippen molar-refractivity contribution in [1.82, 2.24) is 20.2 Å². The monoisotopic (exact) mass is 286 g/mol. The number of nitrogens with zero attached hydrogens (tertiary/aromatic N) is 4. The van der Waals surface area contributed by atoms with Gasteiger partial charge in [-0.2, -0.15) is 4.68 Å². The largest absolute Gasteiger partial charge is 0.329 e. The summed E-state index contributed by atoms with van der Waals surface area (Å²) in [6.07, 6.45) is 5.31. The number of tetrazole rings is 1. The molecule has 7 nitrogen and oxygen atoms in total. The molecule has 1 amide bonds. The first-order chi connectivity index (χ1) is 10.2. The molecule has 1 fully saturated rings. The molecule has 0 aliphatic heterocycles. The molecule has 7 heteroatoms. The van der Waals surface area contributed by atoms with Gasteiger partial charge in [-0.05, 0) is 35.4 Å². The first kappa shape index (κ1) is 13.7. The van der Waals surface area contributed by atoms with Gasteiger partial charge in [0.05, 0.1) is 16.8 Å². The minimum Gasteiger partial charge on any atom is -0.329 e. The standard InChI is InChI=1S/C14H18N6O/c15-9-14(7-3-4-8-14)13(21)17-11-5-1-2-6-12(11)20-10-16-18-19-20/h1-2,5-6,10H,3-4,7-9,15H2,(H,17,21). The fourth-order valence-corrected chi connectivity index (χ4v) is 2.88. The Morgan fingerprint density at radius 1 is 1.33 bits per heavy atom. The van der Waals surface area contributed by atoms with E-state index in [2.05, 4.69) is 20.8 Å². The zero-order valence-corrected chi connectivity index (χ0v) is 11.7. The molecule has 0 unspecified atom stereocenters. The molecule has 2 aromatic rings. The van der Waals surface area contributed by atoms with Gasteiger partial charge in [-0.25, -0.2) is 0 Å². The number of amides is 1. The predicted octanol–water partition coefficient (Wildman–Crippen LogP) is 1.12. The molecule has 1 heterocycles. The van der Waals surface area contributed by atoms with Crippen molar-refractivity contribution >= 4 is 11.6 Å². The van der Waals surface area contributed by atoms with Gasteiger partial charge in [0, 0.05) is 6.54 Å². The number of nitrogens with one attached hydrogen (secondary N) is 1. The molecular formula is C14H18N6O. The van der Waals surface area contributed by atoms with E-state index in [1.54, 1.807) is 0 Å². The molecule has 0 radical (unpaired) electrons. The number of nitrogens with two attached hydrogens (primary N) is 1. The van der Waals surface area contributed by atoms with Crippen LogP contribution >= 0.6 is 0 Å². The van der Waals surface area contributed by atoms with Crippen LogP contribution in [-0.4, -0.2) is 32.7 Å². The van der Waals surface area contributed by atoms with E-state index < -0.39 is 5.41 Å². The highest BCUT2D eigenvalue weighted by atomic mass is 16.2. The third-order valence-corrected chi connectivity index (χ3v) is 4.18. The third kappa shape index (κ3) is 2.52. The summed E-state index contributed by atoms with van der Waals surface area (Å²) < 4.78 is 1.53. The van der Waals surface area contributed by atoms with Gasteiger partial charge in [0.25, 0.3) is 0 Å². The number of carbonyl (C=O) groups excluding carboxylic acids is 1. The summed E-state index contributed by atoms with van der Waals surface area (Å²) in [5.74, 6) is -0.0111. The maximum atomic E-state index is 12.6. The third-order valence-electron chi connectivity index (χ3n) is 4.18. The Labute approximate surface area is 122 Å². The van der Waals surface area contributed by atoms with Crippen LogP contribution in [0.2, 0.25) is 0 Å². The van der Waals surface area contributed by atoms with Crippen LogP contribution in [0.1, 0.15) is 25.7 Å². The van der Waals surface area contributed by atoms with Crippen molar-refractivity contribution in [3.8, 4) is 5.69 Å². The molecule has 0 atom stereocenters. The summed E-state index contributed by atoms with van der Waals surface area (Å²) in [7, 11) is 0. The maximum absolute atomic E-state index is 12.6. The van der Waals surface area contributed by atoms with E-state index in [1.165, 1.54) is 11.0 Å². The normalized spacial score (nSPS) is 16.8. The fraction of sp³-hybridized carbons (Fsp3) is 0.429. The second-order valence-electron chi connectivity index (χ2n) is 5.42. The zero-order valence-electron chi connectivity index (χ0n) is 11.7. The van der Waals surface area contributed by atoms with Crippen LogP contribution < -0.4 is 11.1 Å². The van der Waals surface area contributed by atoms with Gasteiger partial charge < -0.3 is 11.1 Å². The molecule has 21 heavy (non-hydrogen) atoms. The van der Waals surface area contributed by atoms with E-state index in [0.717, 1.165) is 31.4 Å². The number of hydrogen-bond donors (Lipinski definition) is 2. The van der Waals surface area contributed by atoms with Crippen LogP contribution in [0, 0.1) is 5.41 Å². The maximum Gasteiger partial charge on any atom is 0.231 e. The van der Waals surface area contributed by atoms with Crippen molar-refractivity contribution in [2.75, 3.05) is 11.9 Å². The molecular weight excluding hydrogens is 268 g/mol. The number of hydrogen-bond acceptors (Lipinski definition) is 5. The van der Waals surface area contributed by atoms with Crippen LogP contribution in [0.4, 0.5) is 5.69 Å². The van der Waals surface area contributed by atoms with Crippen LogP contribution in [0.3, 0.4) is 0 Å². The zero-order chi connectivity index (χ0) is 14.7. The Hall–Kier alpha value is -2.28. The lowest BCUT2D eigenvalue weighted by Gasteiger charge is -2.26. The Kier molecular flexibility index (Phi) is 3.66. The molecule has 0 saturated heterocycles. The quantitative estimate of drug-likeness (QED) is 0.877. The lowest BCUT2D eigenvalue weighted by molar-refractivity contribution is -0.124. The first-order valence-electron chi connectivity index (χ1n) is 7.09. The smallest absolute Gasteiger partial charge is 0.231 e. The SMILES string of the molecule is NCC1(C(=O)Nc2ccccc2-n2cnnn2)CCCC1. The highest BCUT2D eigenvalue weighted by Gasteiger charge is 2.40. The van der Waals surface area contributed by atoms with Crippen molar-refractivity contribution in [3.63, 3.8) is 0 Å². The summed E-state index contributed by atoms with van der Waals surface area (Å²) in [4.78, 5) is 12.6. The van der Waals surface area contributed by atoms with E-state index >= 15 is 0 Å². The van der Waals surface area contributed by atoms with Crippen molar-refractivity contribution in [2.45, 2.75) is 25.7 Å². The van der Waals surface area contributed by atoms with Crippen molar-refractivity contribution in [3.05, 3.63) is 30.6 Å². The highest BCUT2D eigenvalue weighted by molar-refractivity contribution is 5.97. The van der Waals surface area contributed by atoms with Gasteiger partial charge in [-0.15, -0.1) is 5.10 Å². The minimum atomic E-state index is -0.437. The fourth-order valence-electron chi connectivity index (χ4n) is 2.88. The molecule has 110 valence electrons. The van der Waals surface area contributed by atoms with Gasteiger partial charge in [0.1, 0.15) is 6.33 Å². The summed E-state index contributed by atoms with van der Waals surface area (Å²) in [5, 5.41) is 14.1. The molecule has 1 aromatic carbocycles. The van der Waals surface area contributed by atoms with E-state index in [4.69, 9.17) is 5.73 Å². The van der Waals surface area contributed by atoms with Crippen molar-refractivity contribution in [1.29, 1.82) is 0 Å². The molecule has 1 aliphatic carbocycles. The topological polar surface area (TPSA) is 98.7 Å². The second-order valence-corrected chi connectivity index (χ2v) is 5.42. The molecule has 1 saturated carbocycles. The number of para-hydroxylation sites is 2. The molecule has 0 bridgehead atoms. The number of benzene rings is 1. The van der Waals surface area contributed by atoms with Gasteiger partial charge >= 0.3 is 0 Å². The average molecular weight is 286 g/mol. The lowest BCUT2D eigenvalue weighted by Crippen LogP contribution is -2.40. The van der Waals surface area contributed by atoms with Gasteiger partial charge in [0.2, 0.25) is 5.91 Å². The van der Waals surface area contributed by atoms with Gasteiger partial charge in [-0.1, -0.05) is 25.0 Å². The highest BCUT2D eigenvalue weighted by Crippen LogP contribution is 2.38. The Bertz CT molecular complexity index is 618. The van der Waals surface area contributed by atoms with E-state index in [1.807, 2.05) is 24.3 Å². The van der Waals surface area contributed by atoms with Crippen molar-refractivity contribution in [2.24, 2.45) is 11.1 Å². The van der Waals surface area contributed by atoms with Crippen LogP contribution in [0.25, 0.3) is 5.69 Å². The Morgan fingerprint density at radius 2 is 2.10 bits per heavy atom. The number of rotatable bonds is 4. The summed E-state index contributed by atoms with van der Waals surface area (Å²) >= 11 is 0. The molecule has 1 aromatic heterocycles. The first-order valence-corrected chi connectivity index (χ1v) is 7.09. The van der Waals surface area contributed by atoms with Crippen LogP contribution in [0.15, 0.2) is 30.6 Å².